The fourth-order valence-electron chi connectivity index (χ4n) is 0.629. The van der Waals surface area contributed by atoms with Crippen LogP contribution in [0.25, 0.3) is 0 Å². The van der Waals surface area contributed by atoms with Crippen molar-refractivity contribution >= 4 is 11.8 Å². The summed E-state index contributed by atoms with van der Waals surface area (Å²) in [5.74, 6) is -1.12. The lowest BCUT2D eigenvalue weighted by Crippen LogP contribution is -1.90. The number of aromatic nitrogens is 1. The van der Waals surface area contributed by atoms with E-state index in [-0.39, 0.29) is 0 Å². The first-order valence-corrected chi connectivity index (χ1v) is 4.17. The zero-order chi connectivity index (χ0) is 8.27. The van der Waals surface area contributed by atoms with Crippen LogP contribution in [0.3, 0.4) is 0 Å². The Morgan fingerprint density at radius 1 is 1.45 bits per heavy atom. The Kier molecular flexibility index (Phi) is 2.82. The first-order valence-electron chi connectivity index (χ1n) is 3.19. The molecule has 0 unspecified atom stereocenters. The summed E-state index contributed by atoms with van der Waals surface area (Å²) in [6.45, 7) is 1.92. The van der Waals surface area contributed by atoms with Gasteiger partial charge in [-0.3, -0.25) is 0 Å². The molecule has 0 aliphatic carbocycles. The van der Waals surface area contributed by atoms with Crippen molar-refractivity contribution in [1.82, 2.24) is 4.98 Å². The van der Waals surface area contributed by atoms with Crippen molar-refractivity contribution < 1.29 is 8.78 Å². The minimum atomic E-state index is -1.02. The van der Waals surface area contributed by atoms with Gasteiger partial charge in [-0.1, -0.05) is 6.92 Å². The van der Waals surface area contributed by atoms with E-state index in [2.05, 4.69) is 4.98 Å². The van der Waals surface area contributed by atoms with Gasteiger partial charge in [-0.25, -0.2) is 9.37 Å². The summed E-state index contributed by atoms with van der Waals surface area (Å²) >= 11 is 1.38. The molecule has 1 heterocycles. The molecular weight excluding hydrogens is 168 g/mol. The molecule has 0 saturated heterocycles. The highest BCUT2D eigenvalue weighted by Gasteiger charge is 2.02. The maximum Gasteiger partial charge on any atom is 0.249 e. The molecule has 0 fully saturated rings. The Bertz CT molecular complexity index is 252. The molecule has 0 amide bonds. The van der Waals surface area contributed by atoms with Crippen LogP contribution in [0, 0.1) is 11.8 Å². The van der Waals surface area contributed by atoms with Crippen LogP contribution >= 0.6 is 11.8 Å². The maximum absolute atomic E-state index is 12.4. The quantitative estimate of drug-likeness (QED) is 0.506. The predicted molar refractivity (Wildman–Crippen MR) is 40.6 cm³/mol. The molecule has 1 aromatic heterocycles. The van der Waals surface area contributed by atoms with Gasteiger partial charge >= 0.3 is 0 Å². The van der Waals surface area contributed by atoms with E-state index in [0.29, 0.717) is 5.03 Å². The summed E-state index contributed by atoms with van der Waals surface area (Å²) in [5, 5.41) is 0.520. The summed E-state index contributed by atoms with van der Waals surface area (Å²) in [7, 11) is 0. The normalized spacial score (nSPS) is 10.1. The molecule has 0 aliphatic heterocycles. The Morgan fingerprint density at radius 2 is 2.18 bits per heavy atom. The number of pyridine rings is 1. The van der Waals surface area contributed by atoms with Gasteiger partial charge < -0.3 is 0 Å². The first-order chi connectivity index (χ1) is 5.24. The van der Waals surface area contributed by atoms with Crippen molar-refractivity contribution in [2.24, 2.45) is 0 Å². The third-order valence-corrected chi connectivity index (χ3v) is 1.88. The van der Waals surface area contributed by atoms with Crippen molar-refractivity contribution in [2.45, 2.75) is 11.9 Å². The lowest BCUT2D eigenvalue weighted by Gasteiger charge is -1.96. The van der Waals surface area contributed by atoms with E-state index in [9.17, 15) is 8.78 Å². The van der Waals surface area contributed by atoms with Gasteiger partial charge in [0.05, 0.1) is 5.03 Å². The van der Waals surface area contributed by atoms with Crippen molar-refractivity contribution in [2.75, 3.05) is 5.75 Å². The van der Waals surface area contributed by atoms with Gasteiger partial charge in [-0.05, 0) is 17.9 Å². The standard InChI is InChI=1S/C7H7F2NS/c1-2-11-6-4-3-5(8)7(9)10-6/h3-4H,2H2,1H3. The molecule has 4 heteroatoms. The van der Waals surface area contributed by atoms with Crippen molar-refractivity contribution in [3.05, 3.63) is 23.9 Å². The fourth-order valence-corrected chi connectivity index (χ4v) is 1.23. The summed E-state index contributed by atoms with van der Waals surface area (Å²) in [6, 6.07) is 2.55. The van der Waals surface area contributed by atoms with Crippen LogP contribution < -0.4 is 0 Å². The van der Waals surface area contributed by atoms with Crippen LogP contribution in [-0.2, 0) is 0 Å². The van der Waals surface area contributed by atoms with E-state index in [1.807, 2.05) is 6.92 Å². The molecule has 1 aromatic rings. The second-order valence-corrected chi connectivity index (χ2v) is 3.14. The maximum atomic E-state index is 12.4. The average Bonchev–Trinajstić information content (AvgIpc) is 1.98. The number of thioether (sulfide) groups is 1. The minimum absolute atomic E-state index is 0.520. The Balaban J connectivity index is 2.86. The summed E-state index contributed by atoms with van der Waals surface area (Å²) < 4.78 is 24.7. The molecule has 1 rings (SSSR count). The molecule has 0 radical (unpaired) electrons. The predicted octanol–water partition coefficient (Wildman–Crippen LogP) is 2.47. The second kappa shape index (κ2) is 3.67. The van der Waals surface area contributed by atoms with Crippen molar-refractivity contribution in [1.29, 1.82) is 0 Å². The Morgan fingerprint density at radius 3 is 2.73 bits per heavy atom. The lowest BCUT2D eigenvalue weighted by molar-refractivity contribution is 0.471. The van der Waals surface area contributed by atoms with Crippen molar-refractivity contribution in [3.8, 4) is 0 Å². The number of rotatable bonds is 2. The first kappa shape index (κ1) is 8.46. The summed E-state index contributed by atoms with van der Waals surface area (Å²) in [4.78, 5) is 3.38. The minimum Gasteiger partial charge on any atom is -0.211 e. The third kappa shape index (κ3) is 2.15. The third-order valence-electron chi connectivity index (χ3n) is 1.07. The summed E-state index contributed by atoms with van der Waals surface area (Å²) in [6.07, 6.45) is 0. The van der Waals surface area contributed by atoms with Crippen LogP contribution in [0.5, 0.6) is 0 Å². The monoisotopic (exact) mass is 175 g/mol. The molecule has 0 spiro atoms. The molecule has 0 aromatic carbocycles. The van der Waals surface area contributed by atoms with Crippen LogP contribution in [0.1, 0.15) is 6.92 Å². The van der Waals surface area contributed by atoms with Crippen LogP contribution in [0.4, 0.5) is 8.78 Å². The highest BCUT2D eigenvalue weighted by molar-refractivity contribution is 7.99. The molecule has 0 atom stereocenters. The van der Waals surface area contributed by atoms with Gasteiger partial charge in [0.25, 0.3) is 0 Å². The number of halogens is 2. The smallest absolute Gasteiger partial charge is 0.211 e. The highest BCUT2D eigenvalue weighted by Crippen LogP contribution is 2.15. The fraction of sp³-hybridized carbons (Fsp3) is 0.286. The van der Waals surface area contributed by atoms with Gasteiger partial charge in [0.1, 0.15) is 0 Å². The zero-order valence-corrected chi connectivity index (χ0v) is 6.79. The SMILES string of the molecule is CCSc1ccc(F)c(F)n1. The molecule has 0 saturated carbocycles. The largest absolute Gasteiger partial charge is 0.249 e. The zero-order valence-electron chi connectivity index (χ0n) is 5.97. The molecule has 0 N–H and O–H groups in total. The van der Waals surface area contributed by atoms with E-state index >= 15 is 0 Å². The molecule has 0 aliphatic rings. The van der Waals surface area contributed by atoms with E-state index in [0.717, 1.165) is 11.8 Å². The molecule has 60 valence electrons. The van der Waals surface area contributed by atoms with Gasteiger partial charge in [0, 0.05) is 0 Å². The van der Waals surface area contributed by atoms with Gasteiger partial charge in [-0.15, -0.1) is 11.8 Å². The number of hydrogen-bond acceptors (Lipinski definition) is 2. The van der Waals surface area contributed by atoms with Crippen LogP contribution in [0.15, 0.2) is 17.2 Å². The lowest BCUT2D eigenvalue weighted by atomic mass is 10.5. The molecule has 1 nitrogen and oxygen atoms in total. The Hall–Kier alpha value is -0.640. The van der Waals surface area contributed by atoms with Gasteiger partial charge in [0.15, 0.2) is 5.82 Å². The molecule has 11 heavy (non-hydrogen) atoms. The van der Waals surface area contributed by atoms with Crippen LogP contribution in [-0.4, -0.2) is 10.7 Å². The molecule has 0 bridgehead atoms. The second-order valence-electron chi connectivity index (χ2n) is 1.86. The Labute approximate surface area is 67.8 Å². The average molecular weight is 175 g/mol. The topological polar surface area (TPSA) is 12.9 Å². The number of nitrogens with zero attached hydrogens (tertiary/aromatic N) is 1. The van der Waals surface area contributed by atoms with E-state index in [1.54, 1.807) is 0 Å². The van der Waals surface area contributed by atoms with Gasteiger partial charge in [0.2, 0.25) is 5.95 Å². The summed E-state index contributed by atoms with van der Waals surface area (Å²) in [5.41, 5.74) is 0. The molecular formula is C7H7F2NS. The van der Waals surface area contributed by atoms with Crippen LogP contribution in [0.2, 0.25) is 0 Å². The van der Waals surface area contributed by atoms with E-state index in [1.165, 1.54) is 17.8 Å². The number of hydrogen-bond donors (Lipinski definition) is 0. The van der Waals surface area contributed by atoms with Gasteiger partial charge in [-0.2, -0.15) is 4.39 Å². The van der Waals surface area contributed by atoms with E-state index in [4.69, 9.17) is 0 Å². The highest BCUT2D eigenvalue weighted by atomic mass is 32.2. The van der Waals surface area contributed by atoms with Crippen molar-refractivity contribution in [3.63, 3.8) is 0 Å². The van der Waals surface area contributed by atoms with E-state index < -0.39 is 11.8 Å².